The normalized spacial score (nSPS) is 14.9. The van der Waals surface area contributed by atoms with Crippen molar-refractivity contribution < 1.29 is 0 Å². The molecule has 1 aliphatic rings. The largest absolute Gasteiger partial charge is 0.357 e. The van der Waals surface area contributed by atoms with Gasteiger partial charge in [-0.15, -0.1) is 0 Å². The molecule has 15 heavy (non-hydrogen) atoms. The highest BCUT2D eigenvalue weighted by atomic mass is 14.7. The lowest BCUT2D eigenvalue weighted by molar-refractivity contribution is 0.816. The Hall–Kier alpha value is -1.75. The predicted octanol–water partition coefficient (Wildman–Crippen LogP) is 2.61. The van der Waals surface area contributed by atoms with Gasteiger partial charge in [0, 0.05) is 11.1 Å². The van der Waals surface area contributed by atoms with E-state index in [9.17, 15) is 0 Å². The van der Waals surface area contributed by atoms with Crippen molar-refractivity contribution in [1.82, 2.24) is 4.98 Å². The first kappa shape index (κ1) is 8.55. The molecule has 0 saturated carbocycles. The minimum absolute atomic E-state index is 0.738. The van der Waals surface area contributed by atoms with Crippen molar-refractivity contribution in [2.75, 3.05) is 0 Å². The quantitative estimate of drug-likeness (QED) is 0.688. The van der Waals surface area contributed by atoms with E-state index in [0.29, 0.717) is 0 Å². The van der Waals surface area contributed by atoms with Gasteiger partial charge in [0.05, 0.1) is 11.1 Å². The van der Waals surface area contributed by atoms with E-state index in [4.69, 9.17) is 5.26 Å². The van der Waals surface area contributed by atoms with Gasteiger partial charge in [0.2, 0.25) is 0 Å². The maximum Gasteiger partial charge on any atom is 0.101 e. The number of fused-ring (bicyclic) bond motifs is 3. The summed E-state index contributed by atoms with van der Waals surface area (Å²) in [6, 6.07) is 8.12. The number of H-pyrrole nitrogens is 1. The van der Waals surface area contributed by atoms with E-state index in [0.717, 1.165) is 30.3 Å². The number of nitrogens with zero attached hydrogens (tertiary/aromatic N) is 1. The molecule has 0 spiro atoms. The Bertz CT molecular complexity index is 558. The fourth-order valence-corrected chi connectivity index (χ4v) is 2.26. The second-order valence-electron chi connectivity index (χ2n) is 3.85. The summed E-state index contributed by atoms with van der Waals surface area (Å²) in [7, 11) is 0. The standard InChI is InChI=1S/C13H10N2/c14-8-9-4-3-6-11-10-5-1-2-7-12(10)15-13(9)11/h3-4,6,15H,2,5,7H2. The fourth-order valence-electron chi connectivity index (χ4n) is 2.26. The molecule has 0 aliphatic heterocycles. The van der Waals surface area contributed by atoms with E-state index in [1.807, 2.05) is 12.1 Å². The van der Waals surface area contributed by atoms with Crippen LogP contribution >= 0.6 is 0 Å². The number of nitrogens with one attached hydrogen (secondary N) is 1. The number of rotatable bonds is 0. The molecule has 72 valence electrons. The molecule has 1 aliphatic carbocycles. The van der Waals surface area contributed by atoms with Crippen LogP contribution in [-0.4, -0.2) is 4.98 Å². The van der Waals surface area contributed by atoms with Crippen LogP contribution in [0.3, 0.4) is 0 Å². The van der Waals surface area contributed by atoms with E-state index in [1.54, 1.807) is 0 Å². The first-order valence-corrected chi connectivity index (χ1v) is 5.13. The van der Waals surface area contributed by atoms with Gasteiger partial charge in [-0.25, -0.2) is 0 Å². The second kappa shape index (κ2) is 3.13. The molecular formula is C13H10N2. The Morgan fingerprint density at radius 1 is 1.40 bits per heavy atom. The number of hydrogen-bond donors (Lipinski definition) is 1. The summed E-state index contributed by atoms with van der Waals surface area (Å²) in [6.45, 7) is 0. The molecule has 2 radical (unpaired) electrons. The molecule has 2 aromatic rings. The zero-order chi connectivity index (χ0) is 10.3. The lowest BCUT2D eigenvalue weighted by atomic mass is 9.95. The molecule has 0 unspecified atom stereocenters. The number of hydrogen-bond acceptors (Lipinski definition) is 1. The molecule has 2 heteroatoms. The Morgan fingerprint density at radius 2 is 2.33 bits per heavy atom. The van der Waals surface area contributed by atoms with Crippen LogP contribution in [0.15, 0.2) is 18.2 Å². The smallest absolute Gasteiger partial charge is 0.101 e. The van der Waals surface area contributed by atoms with Crippen molar-refractivity contribution in [3.05, 3.63) is 41.4 Å². The molecule has 0 amide bonds. The summed E-state index contributed by atoms with van der Waals surface area (Å²) in [6.07, 6.45) is 6.30. The number of aromatic nitrogens is 1. The Labute approximate surface area is 88.5 Å². The monoisotopic (exact) mass is 194 g/mol. The highest BCUT2D eigenvalue weighted by molar-refractivity contribution is 5.89. The van der Waals surface area contributed by atoms with Crippen LogP contribution in [-0.2, 0) is 12.8 Å². The van der Waals surface area contributed by atoms with Crippen LogP contribution in [0.5, 0.6) is 0 Å². The maximum absolute atomic E-state index is 9.01. The second-order valence-corrected chi connectivity index (χ2v) is 3.85. The molecule has 0 saturated heterocycles. The van der Waals surface area contributed by atoms with E-state index < -0.39 is 0 Å². The van der Waals surface area contributed by atoms with Crippen LogP contribution < -0.4 is 0 Å². The lowest BCUT2D eigenvalue weighted by Gasteiger charge is -2.09. The number of aryl methyl sites for hydroxylation is 1. The van der Waals surface area contributed by atoms with E-state index in [1.165, 1.54) is 16.6 Å². The van der Waals surface area contributed by atoms with Crippen LogP contribution in [0.25, 0.3) is 10.9 Å². The minimum Gasteiger partial charge on any atom is -0.357 e. The number of aromatic amines is 1. The third kappa shape index (κ3) is 1.16. The van der Waals surface area contributed by atoms with Crippen LogP contribution in [0.4, 0.5) is 0 Å². The lowest BCUT2D eigenvalue weighted by Crippen LogP contribution is -2.00. The molecular weight excluding hydrogens is 184 g/mol. The van der Waals surface area contributed by atoms with Gasteiger partial charge in [-0.3, -0.25) is 0 Å². The third-order valence-corrected chi connectivity index (χ3v) is 3.00. The molecule has 0 bridgehead atoms. The highest BCUT2D eigenvalue weighted by Gasteiger charge is 2.16. The molecule has 3 rings (SSSR count). The average molecular weight is 194 g/mol. The van der Waals surface area contributed by atoms with Gasteiger partial charge in [0.1, 0.15) is 6.07 Å². The molecule has 2 nitrogen and oxygen atoms in total. The van der Waals surface area contributed by atoms with Crippen molar-refractivity contribution in [1.29, 1.82) is 5.26 Å². The molecule has 0 atom stereocenters. The predicted molar refractivity (Wildman–Crippen MR) is 58.3 cm³/mol. The van der Waals surface area contributed by atoms with Gasteiger partial charge in [-0.2, -0.15) is 5.26 Å². The first-order chi connectivity index (χ1) is 7.40. The van der Waals surface area contributed by atoms with Gasteiger partial charge in [0.25, 0.3) is 0 Å². The van der Waals surface area contributed by atoms with Gasteiger partial charge in [0.15, 0.2) is 0 Å². The zero-order valence-corrected chi connectivity index (χ0v) is 8.30. The van der Waals surface area contributed by atoms with Gasteiger partial charge in [-0.05, 0) is 37.3 Å². The number of benzene rings is 1. The summed E-state index contributed by atoms with van der Waals surface area (Å²) in [5.41, 5.74) is 4.34. The van der Waals surface area contributed by atoms with E-state index >= 15 is 0 Å². The minimum atomic E-state index is 0.738. The number of para-hydroxylation sites is 1. The Kier molecular flexibility index (Phi) is 1.78. The molecule has 1 aromatic carbocycles. The molecule has 1 heterocycles. The van der Waals surface area contributed by atoms with Crippen LogP contribution in [0, 0.1) is 17.8 Å². The summed E-state index contributed by atoms with van der Waals surface area (Å²) in [4.78, 5) is 3.37. The Morgan fingerprint density at radius 3 is 3.20 bits per heavy atom. The molecule has 1 aromatic heterocycles. The summed E-state index contributed by atoms with van der Waals surface area (Å²) in [5.74, 6) is 0. The maximum atomic E-state index is 9.01. The van der Waals surface area contributed by atoms with E-state index in [-0.39, 0.29) is 0 Å². The van der Waals surface area contributed by atoms with E-state index in [2.05, 4.69) is 23.5 Å². The molecule has 0 fully saturated rings. The average Bonchev–Trinajstić information content (AvgIpc) is 2.67. The topological polar surface area (TPSA) is 39.6 Å². The van der Waals surface area contributed by atoms with Gasteiger partial charge in [-0.1, -0.05) is 12.1 Å². The highest BCUT2D eigenvalue weighted by Crippen LogP contribution is 2.29. The SMILES string of the molecule is N#Cc1cccc2c3c([nH]c12)CC[C]C3. The summed E-state index contributed by atoms with van der Waals surface area (Å²) in [5, 5.41) is 10.2. The summed E-state index contributed by atoms with van der Waals surface area (Å²) < 4.78 is 0. The van der Waals surface area contributed by atoms with Gasteiger partial charge < -0.3 is 4.98 Å². The summed E-state index contributed by atoms with van der Waals surface area (Å²) >= 11 is 0. The fraction of sp³-hybridized carbons (Fsp3) is 0.231. The third-order valence-electron chi connectivity index (χ3n) is 3.00. The first-order valence-electron chi connectivity index (χ1n) is 5.13. The van der Waals surface area contributed by atoms with Crippen molar-refractivity contribution >= 4 is 10.9 Å². The van der Waals surface area contributed by atoms with Crippen molar-refractivity contribution in [3.63, 3.8) is 0 Å². The van der Waals surface area contributed by atoms with Crippen LogP contribution in [0.2, 0.25) is 0 Å². The number of nitriles is 1. The van der Waals surface area contributed by atoms with Crippen molar-refractivity contribution in [2.24, 2.45) is 0 Å². The van der Waals surface area contributed by atoms with Crippen molar-refractivity contribution in [3.8, 4) is 6.07 Å². The zero-order valence-electron chi connectivity index (χ0n) is 8.30. The van der Waals surface area contributed by atoms with Crippen LogP contribution in [0.1, 0.15) is 23.2 Å². The van der Waals surface area contributed by atoms with Crippen molar-refractivity contribution in [2.45, 2.75) is 19.3 Å². The molecule has 1 N–H and O–H groups in total. The van der Waals surface area contributed by atoms with Gasteiger partial charge >= 0.3 is 0 Å². The Balaban J connectivity index is 2.37.